The van der Waals surface area contributed by atoms with E-state index in [-0.39, 0.29) is 5.78 Å². The Labute approximate surface area is 141 Å². The molecule has 1 heteroatoms. The Bertz CT molecular complexity index is 869. The minimum atomic E-state index is 0.0870. The highest BCUT2D eigenvalue weighted by Crippen LogP contribution is 2.39. The van der Waals surface area contributed by atoms with Crippen LogP contribution in [-0.4, -0.2) is 5.78 Å². The molecule has 0 bridgehead atoms. The second-order valence-electron chi connectivity index (χ2n) is 5.81. The van der Waals surface area contributed by atoms with E-state index in [1.807, 2.05) is 97.1 Å². The monoisotopic (exact) mass is 308 g/mol. The molecule has 1 aliphatic rings. The van der Waals surface area contributed by atoms with Gasteiger partial charge in [0.05, 0.1) is 0 Å². The van der Waals surface area contributed by atoms with Crippen LogP contribution < -0.4 is 0 Å². The molecule has 0 unspecified atom stereocenters. The molecule has 0 atom stereocenters. The second kappa shape index (κ2) is 6.13. The van der Waals surface area contributed by atoms with Gasteiger partial charge in [-0.25, -0.2) is 0 Å². The number of hydrogen-bond acceptors (Lipinski definition) is 1. The van der Waals surface area contributed by atoms with E-state index >= 15 is 0 Å². The van der Waals surface area contributed by atoms with Crippen molar-refractivity contribution in [3.63, 3.8) is 0 Å². The SMILES string of the molecule is O=C1/C(=C/c2ccccc2)c2ccccc2/C1=C\c1ccccc1. The largest absolute Gasteiger partial charge is 0.289 e. The van der Waals surface area contributed by atoms with Gasteiger partial charge in [0.2, 0.25) is 0 Å². The van der Waals surface area contributed by atoms with E-state index in [2.05, 4.69) is 0 Å². The highest BCUT2D eigenvalue weighted by atomic mass is 16.1. The smallest absolute Gasteiger partial charge is 0.194 e. The zero-order valence-corrected chi connectivity index (χ0v) is 13.1. The molecular formula is C23H16O. The van der Waals surface area contributed by atoms with E-state index in [4.69, 9.17) is 0 Å². The van der Waals surface area contributed by atoms with Crippen molar-refractivity contribution in [1.82, 2.24) is 0 Å². The van der Waals surface area contributed by atoms with Crippen molar-refractivity contribution < 1.29 is 4.79 Å². The first-order valence-electron chi connectivity index (χ1n) is 8.01. The molecule has 0 amide bonds. The van der Waals surface area contributed by atoms with E-state index in [1.165, 1.54) is 0 Å². The van der Waals surface area contributed by atoms with Crippen LogP contribution in [0.3, 0.4) is 0 Å². The van der Waals surface area contributed by atoms with Crippen LogP contribution in [0.5, 0.6) is 0 Å². The van der Waals surface area contributed by atoms with Gasteiger partial charge in [0, 0.05) is 11.1 Å². The number of benzene rings is 3. The summed E-state index contributed by atoms with van der Waals surface area (Å²) in [6.45, 7) is 0. The number of carbonyl (C=O) groups excluding carboxylic acids is 1. The van der Waals surface area contributed by atoms with Crippen LogP contribution >= 0.6 is 0 Å². The Morgan fingerprint density at radius 2 is 0.875 bits per heavy atom. The van der Waals surface area contributed by atoms with Crippen LogP contribution in [0.2, 0.25) is 0 Å². The molecule has 0 saturated heterocycles. The van der Waals surface area contributed by atoms with Crippen LogP contribution in [0.25, 0.3) is 23.3 Å². The fourth-order valence-electron chi connectivity index (χ4n) is 3.06. The van der Waals surface area contributed by atoms with E-state index in [0.29, 0.717) is 0 Å². The number of Topliss-reactive ketones (excluding diaryl/α,β-unsaturated/α-hetero) is 1. The Balaban J connectivity index is 1.86. The van der Waals surface area contributed by atoms with Crippen LogP contribution in [0.4, 0.5) is 0 Å². The molecule has 0 N–H and O–H groups in total. The summed E-state index contributed by atoms with van der Waals surface area (Å²) < 4.78 is 0. The molecule has 114 valence electrons. The Kier molecular flexibility index (Phi) is 3.68. The lowest BCUT2D eigenvalue weighted by atomic mass is 10.0. The molecule has 0 aliphatic heterocycles. The second-order valence-corrected chi connectivity index (χ2v) is 5.81. The highest BCUT2D eigenvalue weighted by Gasteiger charge is 2.29. The van der Waals surface area contributed by atoms with E-state index in [0.717, 1.165) is 33.4 Å². The summed E-state index contributed by atoms with van der Waals surface area (Å²) in [7, 11) is 0. The van der Waals surface area contributed by atoms with Crippen LogP contribution in [0.15, 0.2) is 84.9 Å². The Hall–Kier alpha value is -3.19. The number of hydrogen-bond donors (Lipinski definition) is 0. The van der Waals surface area contributed by atoms with Gasteiger partial charge < -0.3 is 0 Å². The van der Waals surface area contributed by atoms with Crippen molar-refractivity contribution in [2.24, 2.45) is 0 Å². The van der Waals surface area contributed by atoms with E-state index in [9.17, 15) is 4.79 Å². The minimum Gasteiger partial charge on any atom is -0.289 e. The third-order valence-corrected chi connectivity index (χ3v) is 4.22. The van der Waals surface area contributed by atoms with Crippen molar-refractivity contribution in [3.8, 4) is 0 Å². The number of fused-ring (bicyclic) bond motifs is 1. The average molecular weight is 308 g/mol. The first-order chi connectivity index (χ1) is 11.8. The van der Waals surface area contributed by atoms with Gasteiger partial charge in [0.1, 0.15) is 0 Å². The maximum atomic E-state index is 13.0. The van der Waals surface area contributed by atoms with Gasteiger partial charge >= 0.3 is 0 Å². The highest BCUT2D eigenvalue weighted by molar-refractivity contribution is 6.51. The molecule has 4 rings (SSSR count). The molecule has 1 nitrogen and oxygen atoms in total. The summed E-state index contributed by atoms with van der Waals surface area (Å²) in [5, 5.41) is 0. The van der Waals surface area contributed by atoms with E-state index < -0.39 is 0 Å². The lowest BCUT2D eigenvalue weighted by Gasteiger charge is -1.99. The fraction of sp³-hybridized carbons (Fsp3) is 0. The Morgan fingerprint density at radius 1 is 0.500 bits per heavy atom. The number of allylic oxidation sites excluding steroid dienone is 2. The third kappa shape index (κ3) is 2.61. The minimum absolute atomic E-state index is 0.0870. The average Bonchev–Trinajstić information content (AvgIpc) is 2.90. The summed E-state index contributed by atoms with van der Waals surface area (Å²) in [5.74, 6) is 0.0870. The molecule has 1 aliphatic carbocycles. The molecule has 0 saturated carbocycles. The number of ketones is 1. The molecule has 0 radical (unpaired) electrons. The van der Waals surface area contributed by atoms with E-state index in [1.54, 1.807) is 0 Å². The van der Waals surface area contributed by atoms with Gasteiger partial charge in [-0.05, 0) is 34.4 Å². The molecule has 3 aromatic carbocycles. The van der Waals surface area contributed by atoms with Gasteiger partial charge in [-0.15, -0.1) is 0 Å². The van der Waals surface area contributed by atoms with Crippen molar-refractivity contribution in [2.45, 2.75) is 0 Å². The molecule has 3 aromatic rings. The fourth-order valence-corrected chi connectivity index (χ4v) is 3.06. The van der Waals surface area contributed by atoms with Crippen molar-refractivity contribution in [3.05, 3.63) is 107 Å². The van der Waals surface area contributed by atoms with Gasteiger partial charge in [-0.1, -0.05) is 84.9 Å². The lowest BCUT2D eigenvalue weighted by molar-refractivity contribution is -0.108. The van der Waals surface area contributed by atoms with Crippen LogP contribution in [0, 0.1) is 0 Å². The number of carbonyl (C=O) groups is 1. The molecular weight excluding hydrogens is 292 g/mol. The molecule has 24 heavy (non-hydrogen) atoms. The summed E-state index contributed by atoms with van der Waals surface area (Å²) in [6.07, 6.45) is 3.96. The summed E-state index contributed by atoms with van der Waals surface area (Å²) in [5.41, 5.74) is 5.62. The molecule has 0 aromatic heterocycles. The summed E-state index contributed by atoms with van der Waals surface area (Å²) in [4.78, 5) is 13.0. The quantitative estimate of drug-likeness (QED) is 0.583. The predicted octanol–water partition coefficient (Wildman–Crippen LogP) is 5.35. The zero-order chi connectivity index (χ0) is 16.4. The lowest BCUT2D eigenvalue weighted by Crippen LogP contribution is -1.94. The first kappa shape index (κ1) is 14.4. The maximum Gasteiger partial charge on any atom is 0.194 e. The topological polar surface area (TPSA) is 17.1 Å². The zero-order valence-electron chi connectivity index (χ0n) is 13.1. The first-order valence-corrected chi connectivity index (χ1v) is 8.01. The molecule has 0 fully saturated rings. The van der Waals surface area contributed by atoms with Crippen LogP contribution in [-0.2, 0) is 4.79 Å². The van der Waals surface area contributed by atoms with Gasteiger partial charge in [-0.2, -0.15) is 0 Å². The summed E-state index contributed by atoms with van der Waals surface area (Å²) in [6, 6.07) is 28.0. The normalized spacial score (nSPS) is 16.6. The van der Waals surface area contributed by atoms with Crippen molar-refractivity contribution >= 4 is 29.1 Å². The van der Waals surface area contributed by atoms with Crippen LogP contribution in [0.1, 0.15) is 22.3 Å². The number of rotatable bonds is 2. The van der Waals surface area contributed by atoms with Gasteiger partial charge in [-0.3, -0.25) is 4.79 Å². The van der Waals surface area contributed by atoms with Gasteiger partial charge in [0.25, 0.3) is 0 Å². The molecule has 0 spiro atoms. The Morgan fingerprint density at radius 3 is 1.29 bits per heavy atom. The maximum absolute atomic E-state index is 13.0. The predicted molar refractivity (Wildman–Crippen MR) is 100 cm³/mol. The summed E-state index contributed by atoms with van der Waals surface area (Å²) >= 11 is 0. The van der Waals surface area contributed by atoms with Crippen molar-refractivity contribution in [2.75, 3.05) is 0 Å². The molecule has 0 heterocycles. The van der Waals surface area contributed by atoms with Gasteiger partial charge in [0.15, 0.2) is 5.78 Å². The standard InChI is InChI=1S/C23H16O/c24-23-21(15-17-9-3-1-4-10-17)19-13-7-8-14-20(19)22(23)16-18-11-5-2-6-12-18/h1-16H/b21-15+,22-16+. The third-order valence-electron chi connectivity index (χ3n) is 4.22. The van der Waals surface area contributed by atoms with Crippen molar-refractivity contribution in [1.29, 1.82) is 0 Å².